The third-order valence-electron chi connectivity index (χ3n) is 1.79. The van der Waals surface area contributed by atoms with Crippen LogP contribution in [0.5, 0.6) is 0 Å². The van der Waals surface area contributed by atoms with Gasteiger partial charge in [0, 0.05) is 23.5 Å². The zero-order chi connectivity index (χ0) is 9.52. The summed E-state index contributed by atoms with van der Waals surface area (Å²) < 4.78 is 0. The van der Waals surface area contributed by atoms with E-state index in [9.17, 15) is 0 Å². The largest absolute Gasteiger partial charge is 0.231 e. The lowest BCUT2D eigenvalue weighted by Gasteiger charge is -2.08. The number of thioether (sulfide) groups is 1. The Hall–Kier alpha value is -0.0900. The predicted molar refractivity (Wildman–Crippen MR) is 60.3 cm³/mol. The maximum absolute atomic E-state index is 4.16. The molecule has 1 rings (SSSR count). The van der Waals surface area contributed by atoms with E-state index in [-0.39, 0.29) is 0 Å². The topological polar surface area (TPSA) is 25.8 Å². The average molecular weight is 261 g/mol. The SMILES string of the molecule is CCC(CBr)CSc1ncccn1. The van der Waals surface area contributed by atoms with E-state index in [2.05, 4.69) is 32.8 Å². The Kier molecular flexibility index (Phi) is 5.39. The molecule has 0 aliphatic rings. The van der Waals surface area contributed by atoms with E-state index in [1.54, 1.807) is 24.2 Å². The van der Waals surface area contributed by atoms with Gasteiger partial charge in [0.2, 0.25) is 0 Å². The van der Waals surface area contributed by atoms with Crippen molar-refractivity contribution >= 4 is 27.7 Å². The molecule has 0 amide bonds. The van der Waals surface area contributed by atoms with Crippen LogP contribution in [0.25, 0.3) is 0 Å². The fourth-order valence-electron chi connectivity index (χ4n) is 0.824. The third-order valence-corrected chi connectivity index (χ3v) is 3.81. The molecule has 0 saturated carbocycles. The number of hydrogen-bond acceptors (Lipinski definition) is 3. The molecule has 0 aliphatic heterocycles. The number of hydrogen-bond donors (Lipinski definition) is 0. The summed E-state index contributed by atoms with van der Waals surface area (Å²) >= 11 is 5.22. The second kappa shape index (κ2) is 6.38. The van der Waals surface area contributed by atoms with Crippen LogP contribution in [0.4, 0.5) is 0 Å². The Morgan fingerprint density at radius 1 is 1.46 bits per heavy atom. The molecular formula is C9H13BrN2S. The van der Waals surface area contributed by atoms with Gasteiger partial charge in [0.1, 0.15) is 0 Å². The first kappa shape index (κ1) is 11.0. The van der Waals surface area contributed by atoms with Crippen molar-refractivity contribution in [3.05, 3.63) is 18.5 Å². The molecule has 1 unspecified atom stereocenters. The highest BCUT2D eigenvalue weighted by molar-refractivity contribution is 9.09. The molecule has 0 bridgehead atoms. The molecule has 1 aromatic heterocycles. The van der Waals surface area contributed by atoms with E-state index >= 15 is 0 Å². The van der Waals surface area contributed by atoms with Gasteiger partial charge >= 0.3 is 0 Å². The second-order valence-electron chi connectivity index (χ2n) is 2.77. The van der Waals surface area contributed by atoms with E-state index in [1.807, 2.05) is 6.07 Å². The molecule has 0 aliphatic carbocycles. The lowest BCUT2D eigenvalue weighted by atomic mass is 10.2. The van der Waals surface area contributed by atoms with Crippen molar-refractivity contribution in [3.8, 4) is 0 Å². The fraction of sp³-hybridized carbons (Fsp3) is 0.556. The standard InChI is InChI=1S/C9H13BrN2S/c1-2-8(6-10)7-13-9-11-4-3-5-12-9/h3-5,8H,2,6-7H2,1H3. The second-order valence-corrected chi connectivity index (χ2v) is 4.41. The smallest absolute Gasteiger partial charge is 0.187 e. The summed E-state index contributed by atoms with van der Waals surface area (Å²) in [7, 11) is 0. The highest BCUT2D eigenvalue weighted by Gasteiger charge is 2.05. The van der Waals surface area contributed by atoms with Crippen LogP contribution in [-0.4, -0.2) is 21.1 Å². The van der Waals surface area contributed by atoms with Crippen molar-refractivity contribution in [1.82, 2.24) is 9.97 Å². The molecule has 0 radical (unpaired) electrons. The molecule has 0 saturated heterocycles. The Balaban J connectivity index is 2.34. The van der Waals surface area contributed by atoms with Crippen LogP contribution >= 0.6 is 27.7 Å². The van der Waals surface area contributed by atoms with Gasteiger partial charge in [-0.2, -0.15) is 0 Å². The minimum atomic E-state index is 0.716. The van der Waals surface area contributed by atoms with Crippen molar-refractivity contribution in [2.75, 3.05) is 11.1 Å². The number of rotatable bonds is 5. The normalized spacial score (nSPS) is 12.8. The van der Waals surface area contributed by atoms with Crippen LogP contribution in [0.15, 0.2) is 23.6 Å². The average Bonchev–Trinajstić information content (AvgIpc) is 2.21. The minimum Gasteiger partial charge on any atom is -0.231 e. The predicted octanol–water partition coefficient (Wildman–Crippen LogP) is 2.99. The quantitative estimate of drug-likeness (QED) is 0.463. The summed E-state index contributed by atoms with van der Waals surface area (Å²) in [5.41, 5.74) is 0. The molecule has 2 nitrogen and oxygen atoms in total. The van der Waals surface area contributed by atoms with Crippen molar-refractivity contribution in [3.63, 3.8) is 0 Å². The molecule has 0 fully saturated rings. The monoisotopic (exact) mass is 260 g/mol. The van der Waals surface area contributed by atoms with E-state index in [0.29, 0.717) is 5.92 Å². The Morgan fingerprint density at radius 2 is 2.15 bits per heavy atom. The van der Waals surface area contributed by atoms with Crippen molar-refractivity contribution < 1.29 is 0 Å². The summed E-state index contributed by atoms with van der Waals surface area (Å²) in [6.07, 6.45) is 4.76. The fourth-order valence-corrected chi connectivity index (χ4v) is 2.82. The van der Waals surface area contributed by atoms with E-state index < -0.39 is 0 Å². The van der Waals surface area contributed by atoms with Gasteiger partial charge in [0.25, 0.3) is 0 Å². The number of halogens is 1. The van der Waals surface area contributed by atoms with Crippen LogP contribution in [-0.2, 0) is 0 Å². The van der Waals surface area contributed by atoms with E-state index in [0.717, 1.165) is 16.2 Å². The highest BCUT2D eigenvalue weighted by atomic mass is 79.9. The van der Waals surface area contributed by atoms with Crippen LogP contribution in [0.2, 0.25) is 0 Å². The lowest BCUT2D eigenvalue weighted by molar-refractivity contribution is 0.651. The van der Waals surface area contributed by atoms with E-state index in [1.165, 1.54) is 6.42 Å². The maximum Gasteiger partial charge on any atom is 0.187 e. The van der Waals surface area contributed by atoms with Gasteiger partial charge in [-0.25, -0.2) is 9.97 Å². The third kappa shape index (κ3) is 4.09. The van der Waals surface area contributed by atoms with Gasteiger partial charge < -0.3 is 0 Å². The van der Waals surface area contributed by atoms with Gasteiger partial charge in [-0.05, 0) is 12.0 Å². The van der Waals surface area contributed by atoms with Crippen molar-refractivity contribution in [2.24, 2.45) is 5.92 Å². The summed E-state index contributed by atoms with van der Waals surface area (Å²) in [6, 6.07) is 1.84. The Morgan fingerprint density at radius 3 is 2.69 bits per heavy atom. The molecular weight excluding hydrogens is 248 g/mol. The summed E-state index contributed by atoms with van der Waals surface area (Å²) in [6.45, 7) is 2.21. The molecule has 1 heterocycles. The van der Waals surface area contributed by atoms with Crippen LogP contribution in [0, 0.1) is 5.92 Å². The van der Waals surface area contributed by atoms with Gasteiger partial charge in [-0.1, -0.05) is 41.0 Å². The number of nitrogens with zero attached hydrogens (tertiary/aromatic N) is 2. The number of aromatic nitrogens is 2. The van der Waals surface area contributed by atoms with Gasteiger partial charge in [-0.15, -0.1) is 0 Å². The summed E-state index contributed by atoms with van der Waals surface area (Å²) in [5.74, 6) is 1.81. The van der Waals surface area contributed by atoms with Gasteiger partial charge in [0.05, 0.1) is 0 Å². The summed E-state index contributed by atoms with van der Waals surface area (Å²) in [5, 5.41) is 1.94. The van der Waals surface area contributed by atoms with Crippen molar-refractivity contribution in [2.45, 2.75) is 18.5 Å². The van der Waals surface area contributed by atoms with E-state index in [4.69, 9.17) is 0 Å². The molecule has 13 heavy (non-hydrogen) atoms. The van der Waals surface area contributed by atoms with Crippen LogP contribution < -0.4 is 0 Å². The van der Waals surface area contributed by atoms with Crippen molar-refractivity contribution in [1.29, 1.82) is 0 Å². The molecule has 1 atom stereocenters. The molecule has 4 heteroatoms. The minimum absolute atomic E-state index is 0.716. The molecule has 72 valence electrons. The first-order valence-electron chi connectivity index (χ1n) is 4.32. The Bertz CT molecular complexity index is 226. The van der Waals surface area contributed by atoms with Crippen LogP contribution in [0.1, 0.15) is 13.3 Å². The van der Waals surface area contributed by atoms with Crippen LogP contribution in [0.3, 0.4) is 0 Å². The maximum atomic E-state index is 4.16. The molecule has 1 aromatic rings. The van der Waals surface area contributed by atoms with Gasteiger partial charge in [0.15, 0.2) is 5.16 Å². The summed E-state index contributed by atoms with van der Waals surface area (Å²) in [4.78, 5) is 8.31. The zero-order valence-electron chi connectivity index (χ0n) is 7.61. The van der Waals surface area contributed by atoms with Gasteiger partial charge in [-0.3, -0.25) is 0 Å². The zero-order valence-corrected chi connectivity index (χ0v) is 10.0. The lowest BCUT2D eigenvalue weighted by Crippen LogP contribution is -2.03. The Labute approximate surface area is 91.7 Å². The first-order chi connectivity index (χ1) is 6.36. The molecule has 0 spiro atoms. The molecule has 0 N–H and O–H groups in total. The first-order valence-corrected chi connectivity index (χ1v) is 6.43. The molecule has 0 aromatic carbocycles. The highest BCUT2D eigenvalue weighted by Crippen LogP contribution is 2.18. The number of alkyl halides is 1.